The van der Waals surface area contributed by atoms with Crippen molar-refractivity contribution in [3.63, 3.8) is 0 Å². The monoisotopic (exact) mass is 457 g/mol. The van der Waals surface area contributed by atoms with Crippen LogP contribution in [-0.2, 0) is 24.2 Å². The van der Waals surface area contributed by atoms with Crippen molar-refractivity contribution in [1.29, 1.82) is 0 Å². The minimum atomic E-state index is -3.99. The SMILES string of the molecule is Cc1ccc(C)c(S(=O)(=O)C2(C(=O)OCC(=O)N(c3ccccc3)C(C)C)CCCC2)c1. The molecule has 0 unspecified atom stereocenters. The van der Waals surface area contributed by atoms with Gasteiger partial charge in [0, 0.05) is 11.7 Å². The Bertz CT molecular complexity index is 1090. The number of aryl methyl sites for hydroxylation is 2. The second kappa shape index (κ2) is 9.45. The summed E-state index contributed by atoms with van der Waals surface area (Å²) in [5.74, 6) is -1.22. The van der Waals surface area contributed by atoms with Crippen molar-refractivity contribution in [2.75, 3.05) is 11.5 Å². The zero-order valence-corrected chi connectivity index (χ0v) is 19.9. The first kappa shape index (κ1) is 24.0. The van der Waals surface area contributed by atoms with Crippen LogP contribution in [0.1, 0.15) is 50.7 Å². The summed E-state index contributed by atoms with van der Waals surface area (Å²) in [5, 5.41) is 0. The van der Waals surface area contributed by atoms with Gasteiger partial charge in [-0.1, -0.05) is 43.2 Å². The quantitative estimate of drug-likeness (QED) is 0.577. The smallest absolute Gasteiger partial charge is 0.328 e. The van der Waals surface area contributed by atoms with Gasteiger partial charge in [-0.15, -0.1) is 0 Å². The van der Waals surface area contributed by atoms with E-state index in [1.165, 1.54) is 0 Å². The van der Waals surface area contributed by atoms with E-state index >= 15 is 0 Å². The van der Waals surface area contributed by atoms with E-state index in [0.29, 0.717) is 24.1 Å². The van der Waals surface area contributed by atoms with E-state index in [-0.39, 0.29) is 23.8 Å². The van der Waals surface area contributed by atoms with Crippen LogP contribution in [0.3, 0.4) is 0 Å². The van der Waals surface area contributed by atoms with Gasteiger partial charge in [0.1, 0.15) is 0 Å². The van der Waals surface area contributed by atoms with Crippen LogP contribution in [-0.4, -0.2) is 37.7 Å². The lowest BCUT2D eigenvalue weighted by molar-refractivity contribution is -0.150. The molecule has 1 aliphatic rings. The number of benzene rings is 2. The number of nitrogens with zero attached hydrogens (tertiary/aromatic N) is 1. The van der Waals surface area contributed by atoms with Gasteiger partial charge < -0.3 is 9.64 Å². The number of carbonyl (C=O) groups is 2. The van der Waals surface area contributed by atoms with Crippen LogP contribution >= 0.6 is 0 Å². The Morgan fingerprint density at radius 1 is 1.03 bits per heavy atom. The molecule has 0 spiro atoms. The van der Waals surface area contributed by atoms with Gasteiger partial charge in [-0.2, -0.15) is 0 Å². The third-order valence-corrected chi connectivity index (χ3v) is 8.70. The fourth-order valence-electron chi connectivity index (χ4n) is 4.38. The highest BCUT2D eigenvalue weighted by Crippen LogP contribution is 2.42. The van der Waals surface area contributed by atoms with E-state index in [4.69, 9.17) is 4.74 Å². The molecule has 0 bridgehead atoms. The molecule has 1 fully saturated rings. The summed E-state index contributed by atoms with van der Waals surface area (Å²) in [4.78, 5) is 27.9. The highest BCUT2D eigenvalue weighted by Gasteiger charge is 2.54. The van der Waals surface area contributed by atoms with Crippen LogP contribution in [0.2, 0.25) is 0 Å². The molecular formula is C25H31NO5S. The molecule has 1 saturated carbocycles. The lowest BCUT2D eigenvalue weighted by Gasteiger charge is -2.29. The molecule has 32 heavy (non-hydrogen) atoms. The molecule has 1 aliphatic carbocycles. The molecule has 1 amide bonds. The first-order valence-electron chi connectivity index (χ1n) is 11.0. The van der Waals surface area contributed by atoms with Crippen LogP contribution in [0, 0.1) is 13.8 Å². The fraction of sp³-hybridized carbons (Fsp3) is 0.440. The number of hydrogen-bond donors (Lipinski definition) is 0. The van der Waals surface area contributed by atoms with Crippen LogP contribution in [0.5, 0.6) is 0 Å². The molecule has 7 heteroatoms. The number of anilines is 1. The molecule has 0 saturated heterocycles. The number of amides is 1. The Balaban J connectivity index is 1.86. The number of sulfone groups is 1. The summed E-state index contributed by atoms with van der Waals surface area (Å²) in [6.45, 7) is 6.79. The van der Waals surface area contributed by atoms with Crippen molar-refractivity contribution in [2.45, 2.75) is 69.1 Å². The van der Waals surface area contributed by atoms with Gasteiger partial charge >= 0.3 is 5.97 Å². The van der Waals surface area contributed by atoms with Crippen LogP contribution in [0.4, 0.5) is 5.69 Å². The Hall–Kier alpha value is -2.67. The number of ether oxygens (including phenoxy) is 1. The molecule has 0 aromatic heterocycles. The maximum Gasteiger partial charge on any atom is 0.328 e. The molecule has 172 valence electrons. The van der Waals surface area contributed by atoms with Crippen molar-refractivity contribution >= 4 is 27.4 Å². The second-order valence-corrected chi connectivity index (χ2v) is 11.0. The molecular weight excluding hydrogens is 426 g/mol. The Morgan fingerprint density at radius 3 is 2.25 bits per heavy atom. The van der Waals surface area contributed by atoms with Gasteiger partial charge in [-0.05, 0) is 69.9 Å². The largest absolute Gasteiger partial charge is 0.454 e. The van der Waals surface area contributed by atoms with Crippen LogP contribution < -0.4 is 4.90 Å². The Labute approximate surface area is 190 Å². The summed E-state index contributed by atoms with van der Waals surface area (Å²) in [6.07, 6.45) is 1.63. The Morgan fingerprint density at radius 2 is 1.66 bits per heavy atom. The molecule has 0 atom stereocenters. The first-order valence-corrected chi connectivity index (χ1v) is 12.4. The number of para-hydroxylation sites is 1. The van der Waals surface area contributed by atoms with E-state index < -0.39 is 33.1 Å². The number of rotatable bonds is 7. The van der Waals surface area contributed by atoms with Crippen molar-refractivity contribution < 1.29 is 22.7 Å². The molecule has 2 aromatic rings. The molecule has 3 rings (SSSR count). The molecule has 0 heterocycles. The third kappa shape index (κ3) is 4.44. The summed E-state index contributed by atoms with van der Waals surface area (Å²) >= 11 is 0. The zero-order valence-electron chi connectivity index (χ0n) is 19.1. The minimum absolute atomic E-state index is 0.150. The standard InChI is InChI=1S/C25H31NO5S/c1-18(2)26(21-10-6-5-7-11-21)23(27)17-31-24(28)25(14-8-9-15-25)32(29,30)22-16-19(3)12-13-20(22)4/h5-7,10-13,16,18H,8-9,14-15,17H2,1-4H3. The second-order valence-electron chi connectivity index (χ2n) is 8.74. The predicted molar refractivity (Wildman–Crippen MR) is 124 cm³/mol. The first-order chi connectivity index (χ1) is 15.1. The normalized spacial score (nSPS) is 15.5. The fourth-order valence-corrected chi connectivity index (χ4v) is 6.74. The average molecular weight is 458 g/mol. The van der Waals surface area contributed by atoms with Crippen molar-refractivity contribution in [3.8, 4) is 0 Å². The maximum atomic E-state index is 13.7. The molecule has 0 radical (unpaired) electrons. The van der Waals surface area contributed by atoms with Gasteiger partial charge in [-0.25, -0.2) is 8.42 Å². The highest BCUT2D eigenvalue weighted by molar-refractivity contribution is 7.93. The van der Waals surface area contributed by atoms with Crippen molar-refractivity contribution in [1.82, 2.24) is 0 Å². The summed E-state index contributed by atoms with van der Waals surface area (Å²) < 4.78 is 31.1. The molecule has 2 aromatic carbocycles. The third-order valence-electron chi connectivity index (χ3n) is 6.08. The lowest BCUT2D eigenvalue weighted by atomic mass is 10.1. The van der Waals surface area contributed by atoms with Gasteiger partial charge in [0.25, 0.3) is 5.91 Å². The van der Waals surface area contributed by atoms with Gasteiger partial charge in [0.2, 0.25) is 0 Å². The van der Waals surface area contributed by atoms with Gasteiger partial charge in [0.15, 0.2) is 21.2 Å². The van der Waals surface area contributed by atoms with Gasteiger partial charge in [0.05, 0.1) is 4.90 Å². The van der Waals surface area contributed by atoms with E-state index in [2.05, 4.69) is 0 Å². The maximum absolute atomic E-state index is 13.7. The van der Waals surface area contributed by atoms with Crippen LogP contribution in [0.25, 0.3) is 0 Å². The Kier molecular flexibility index (Phi) is 7.08. The number of carbonyl (C=O) groups excluding carboxylic acids is 2. The van der Waals surface area contributed by atoms with E-state index in [1.807, 2.05) is 57.2 Å². The minimum Gasteiger partial charge on any atom is -0.454 e. The average Bonchev–Trinajstić information content (AvgIpc) is 3.26. The van der Waals surface area contributed by atoms with Crippen molar-refractivity contribution in [2.24, 2.45) is 0 Å². The summed E-state index contributed by atoms with van der Waals surface area (Å²) in [5.41, 5.74) is 2.10. The molecule has 0 N–H and O–H groups in total. The summed E-state index contributed by atoms with van der Waals surface area (Å²) in [7, 11) is -3.99. The molecule has 6 nitrogen and oxygen atoms in total. The van der Waals surface area contributed by atoms with E-state index in [0.717, 1.165) is 5.56 Å². The summed E-state index contributed by atoms with van der Waals surface area (Å²) in [6, 6.07) is 14.2. The zero-order chi connectivity index (χ0) is 23.5. The highest BCUT2D eigenvalue weighted by atomic mass is 32.2. The van der Waals surface area contributed by atoms with Crippen molar-refractivity contribution in [3.05, 3.63) is 59.7 Å². The topological polar surface area (TPSA) is 80.7 Å². The molecule has 0 aliphatic heterocycles. The van der Waals surface area contributed by atoms with Crippen LogP contribution in [0.15, 0.2) is 53.4 Å². The van der Waals surface area contributed by atoms with E-state index in [1.54, 1.807) is 24.0 Å². The lowest BCUT2D eigenvalue weighted by Crippen LogP contribution is -2.47. The van der Waals surface area contributed by atoms with E-state index in [9.17, 15) is 18.0 Å². The number of esters is 1. The van der Waals surface area contributed by atoms with Gasteiger partial charge in [-0.3, -0.25) is 9.59 Å². The number of hydrogen-bond acceptors (Lipinski definition) is 5. The predicted octanol–water partition coefficient (Wildman–Crippen LogP) is 4.37.